The molecule has 0 heterocycles. The Morgan fingerprint density at radius 1 is 0.812 bits per heavy atom. The fraction of sp³-hybridized carbons (Fsp3) is 0.400. The number of unbranched alkanes of at least 4 members (excludes halogenated alkanes) is 4. The minimum atomic E-state index is -0.294. The Labute approximate surface area is 196 Å². The first-order chi connectivity index (χ1) is 15.5. The van der Waals surface area contributed by atoms with Crippen LogP contribution in [-0.4, -0.2) is 23.5 Å². The van der Waals surface area contributed by atoms with E-state index in [2.05, 4.69) is 22.9 Å². The van der Waals surface area contributed by atoms with Crippen LogP contribution < -0.4 is 20.7 Å². The van der Waals surface area contributed by atoms with E-state index in [-0.39, 0.29) is 16.9 Å². The summed E-state index contributed by atoms with van der Waals surface area (Å²) in [7, 11) is 0. The molecule has 0 bridgehead atoms. The van der Waals surface area contributed by atoms with Crippen LogP contribution in [-0.2, 0) is 4.79 Å². The zero-order chi connectivity index (χ0) is 23.2. The van der Waals surface area contributed by atoms with Crippen LogP contribution in [0, 0.1) is 0 Å². The summed E-state index contributed by atoms with van der Waals surface area (Å²) in [4.78, 5) is 24.1. The van der Waals surface area contributed by atoms with Crippen molar-refractivity contribution in [3.8, 4) is 5.75 Å². The number of thiocarbonyl (C=S) groups is 1. The molecule has 7 heteroatoms. The normalized spacial score (nSPS) is 10.3. The Morgan fingerprint density at radius 3 is 2.06 bits per heavy atom. The average Bonchev–Trinajstić information content (AvgIpc) is 2.78. The number of carbonyl (C=O) groups excluding carboxylic acids is 2. The lowest BCUT2D eigenvalue weighted by molar-refractivity contribution is -0.116. The van der Waals surface area contributed by atoms with E-state index in [1.54, 1.807) is 48.5 Å². The molecule has 0 fully saturated rings. The van der Waals surface area contributed by atoms with E-state index in [0.29, 0.717) is 30.0 Å². The highest BCUT2D eigenvalue weighted by atomic mass is 32.1. The fourth-order valence-electron chi connectivity index (χ4n) is 3.02. The fourth-order valence-corrected chi connectivity index (χ4v) is 3.23. The molecule has 3 N–H and O–H groups in total. The molecule has 0 aliphatic rings. The highest BCUT2D eigenvalue weighted by molar-refractivity contribution is 7.80. The van der Waals surface area contributed by atoms with Crippen LogP contribution in [0.5, 0.6) is 5.75 Å². The van der Waals surface area contributed by atoms with E-state index in [1.807, 2.05) is 6.92 Å². The molecule has 6 nitrogen and oxygen atoms in total. The van der Waals surface area contributed by atoms with Crippen molar-refractivity contribution in [2.45, 2.75) is 58.8 Å². The maximum absolute atomic E-state index is 12.4. The smallest absolute Gasteiger partial charge is 0.257 e. The SMILES string of the molecule is CCCCCCCOc1ccc(C(=O)NC(=S)Nc2ccc(NC(=O)CCC)cc2)cc1. The molecule has 32 heavy (non-hydrogen) atoms. The molecule has 0 atom stereocenters. The molecule has 0 spiro atoms. The number of hydrogen-bond acceptors (Lipinski definition) is 4. The Hall–Kier alpha value is -2.93. The first-order valence-electron chi connectivity index (χ1n) is 11.3. The lowest BCUT2D eigenvalue weighted by Crippen LogP contribution is -2.34. The van der Waals surface area contributed by atoms with Crippen molar-refractivity contribution in [2.24, 2.45) is 0 Å². The first-order valence-corrected chi connectivity index (χ1v) is 11.7. The second-order valence-corrected chi connectivity index (χ2v) is 7.98. The van der Waals surface area contributed by atoms with Gasteiger partial charge >= 0.3 is 0 Å². The predicted octanol–water partition coefficient (Wildman–Crippen LogP) is 5.90. The van der Waals surface area contributed by atoms with E-state index in [1.165, 1.54) is 25.7 Å². The third kappa shape index (κ3) is 9.47. The Morgan fingerprint density at radius 2 is 1.44 bits per heavy atom. The van der Waals surface area contributed by atoms with Gasteiger partial charge in [-0.15, -0.1) is 0 Å². The van der Waals surface area contributed by atoms with Crippen molar-refractivity contribution in [1.82, 2.24) is 5.32 Å². The summed E-state index contributed by atoms with van der Waals surface area (Å²) in [6.07, 6.45) is 7.24. The molecule has 2 amide bonds. The van der Waals surface area contributed by atoms with E-state index >= 15 is 0 Å². The molecular formula is C25H33N3O3S. The molecule has 2 rings (SSSR count). The summed E-state index contributed by atoms with van der Waals surface area (Å²) in [5.74, 6) is 0.445. The summed E-state index contributed by atoms with van der Waals surface area (Å²) < 4.78 is 5.73. The van der Waals surface area contributed by atoms with Crippen LogP contribution >= 0.6 is 12.2 Å². The number of carbonyl (C=O) groups is 2. The highest BCUT2D eigenvalue weighted by Crippen LogP contribution is 2.15. The molecule has 0 unspecified atom stereocenters. The van der Waals surface area contributed by atoms with E-state index in [9.17, 15) is 9.59 Å². The average molecular weight is 456 g/mol. The van der Waals surface area contributed by atoms with Gasteiger partial charge in [0.15, 0.2) is 5.11 Å². The first kappa shape index (κ1) is 25.3. The van der Waals surface area contributed by atoms with E-state index in [4.69, 9.17) is 17.0 Å². The summed E-state index contributed by atoms with van der Waals surface area (Å²) >= 11 is 5.24. The number of amides is 2. The van der Waals surface area contributed by atoms with Crippen LogP contribution in [0.3, 0.4) is 0 Å². The van der Waals surface area contributed by atoms with Crippen molar-refractivity contribution >= 4 is 40.5 Å². The molecule has 0 saturated carbocycles. The van der Waals surface area contributed by atoms with Crippen LogP contribution in [0.4, 0.5) is 11.4 Å². The largest absolute Gasteiger partial charge is 0.494 e. The summed E-state index contributed by atoms with van der Waals surface area (Å²) in [5, 5.41) is 8.67. The van der Waals surface area contributed by atoms with E-state index in [0.717, 1.165) is 18.6 Å². The van der Waals surface area contributed by atoms with Gasteiger partial charge in [-0.2, -0.15) is 0 Å². The van der Waals surface area contributed by atoms with Gasteiger partial charge < -0.3 is 15.4 Å². The second kappa shape index (κ2) is 14.2. The number of rotatable bonds is 12. The highest BCUT2D eigenvalue weighted by Gasteiger charge is 2.09. The minimum absolute atomic E-state index is 0.0145. The number of benzene rings is 2. The van der Waals surface area contributed by atoms with Gasteiger partial charge in [-0.25, -0.2) is 0 Å². The monoisotopic (exact) mass is 455 g/mol. The van der Waals surface area contributed by atoms with Gasteiger partial charge in [0.05, 0.1) is 6.61 Å². The molecule has 2 aromatic rings. The number of nitrogens with one attached hydrogen (secondary N) is 3. The number of ether oxygens (including phenoxy) is 1. The molecule has 0 aromatic heterocycles. The minimum Gasteiger partial charge on any atom is -0.494 e. The topological polar surface area (TPSA) is 79.5 Å². The molecule has 0 radical (unpaired) electrons. The van der Waals surface area contributed by atoms with Crippen molar-refractivity contribution in [3.63, 3.8) is 0 Å². The lowest BCUT2D eigenvalue weighted by Gasteiger charge is -2.11. The molecular weight excluding hydrogens is 422 g/mol. The van der Waals surface area contributed by atoms with E-state index < -0.39 is 0 Å². The molecule has 172 valence electrons. The summed E-state index contributed by atoms with van der Waals surface area (Å²) in [5.41, 5.74) is 1.93. The van der Waals surface area contributed by atoms with Crippen molar-refractivity contribution < 1.29 is 14.3 Å². The zero-order valence-electron chi connectivity index (χ0n) is 18.9. The van der Waals surface area contributed by atoms with Gasteiger partial charge in [0.1, 0.15) is 5.75 Å². The number of anilines is 2. The number of hydrogen-bond donors (Lipinski definition) is 3. The Balaban J connectivity index is 1.76. The van der Waals surface area contributed by atoms with Gasteiger partial charge in [-0.05, 0) is 73.6 Å². The third-order valence-corrected chi connectivity index (χ3v) is 4.97. The van der Waals surface area contributed by atoms with Crippen molar-refractivity contribution in [3.05, 3.63) is 54.1 Å². The predicted molar refractivity (Wildman–Crippen MR) is 134 cm³/mol. The van der Waals surface area contributed by atoms with Crippen LogP contribution in [0.2, 0.25) is 0 Å². The second-order valence-electron chi connectivity index (χ2n) is 7.57. The Kier molecular flexibility index (Phi) is 11.2. The maximum Gasteiger partial charge on any atom is 0.257 e. The van der Waals surface area contributed by atoms with Gasteiger partial charge in [-0.1, -0.05) is 39.5 Å². The molecule has 2 aromatic carbocycles. The van der Waals surface area contributed by atoms with Gasteiger partial charge in [0.25, 0.3) is 5.91 Å². The van der Waals surface area contributed by atoms with Gasteiger partial charge in [0.2, 0.25) is 5.91 Å². The Bertz CT molecular complexity index is 867. The van der Waals surface area contributed by atoms with Crippen molar-refractivity contribution in [2.75, 3.05) is 17.2 Å². The van der Waals surface area contributed by atoms with Gasteiger partial charge in [-0.3, -0.25) is 14.9 Å². The van der Waals surface area contributed by atoms with Crippen LogP contribution in [0.25, 0.3) is 0 Å². The molecule has 0 aliphatic carbocycles. The molecule has 0 aliphatic heterocycles. The van der Waals surface area contributed by atoms with Crippen LogP contribution in [0.15, 0.2) is 48.5 Å². The summed E-state index contributed by atoms with van der Waals surface area (Å²) in [6.45, 7) is 4.84. The zero-order valence-corrected chi connectivity index (χ0v) is 19.7. The van der Waals surface area contributed by atoms with Gasteiger partial charge in [0, 0.05) is 23.4 Å². The maximum atomic E-state index is 12.4. The third-order valence-electron chi connectivity index (χ3n) is 4.76. The standard InChI is InChI=1S/C25H33N3O3S/c1-3-5-6-7-8-18-31-22-16-10-19(11-17-22)24(30)28-25(32)27-21-14-12-20(13-15-21)26-23(29)9-4-2/h10-17H,3-9,18H2,1-2H3,(H,26,29)(H2,27,28,30,32). The van der Waals surface area contributed by atoms with Crippen molar-refractivity contribution in [1.29, 1.82) is 0 Å². The van der Waals surface area contributed by atoms with Crippen LogP contribution in [0.1, 0.15) is 69.2 Å². The summed E-state index contributed by atoms with van der Waals surface area (Å²) in [6, 6.07) is 14.2. The quantitative estimate of drug-likeness (QED) is 0.274. The lowest BCUT2D eigenvalue weighted by atomic mass is 10.2. The molecule has 0 saturated heterocycles.